The maximum absolute atomic E-state index is 5.56. The lowest BCUT2D eigenvalue weighted by molar-refractivity contribution is 0.452. The van der Waals surface area contributed by atoms with E-state index >= 15 is 0 Å². The molecule has 2 nitrogen and oxygen atoms in total. The minimum atomic E-state index is 0.673. The Balaban J connectivity index is 2.00. The second-order valence-electron chi connectivity index (χ2n) is 4.70. The minimum Gasteiger partial charge on any atom is -0.330 e. The molecule has 3 unspecified atom stereocenters. The lowest BCUT2D eigenvalue weighted by atomic mass is 10.1. The molecule has 0 heterocycles. The highest BCUT2D eigenvalue weighted by molar-refractivity contribution is 4.78. The first-order valence-electron chi connectivity index (χ1n) is 5.65. The quantitative estimate of drug-likeness (QED) is 0.683. The summed E-state index contributed by atoms with van der Waals surface area (Å²) in [6.07, 6.45) is 5.38. The monoisotopic (exact) mass is 184 g/mol. The topological polar surface area (TPSA) is 38.0 Å². The Labute approximate surface area is 82.3 Å². The van der Waals surface area contributed by atoms with Crippen molar-refractivity contribution in [2.45, 2.75) is 45.6 Å². The summed E-state index contributed by atoms with van der Waals surface area (Å²) in [5, 5.41) is 3.62. The fourth-order valence-electron chi connectivity index (χ4n) is 2.04. The van der Waals surface area contributed by atoms with Gasteiger partial charge in [-0.1, -0.05) is 13.8 Å². The molecule has 0 aromatic rings. The van der Waals surface area contributed by atoms with E-state index in [0.29, 0.717) is 5.92 Å². The Bertz CT molecular complexity index is 136. The van der Waals surface area contributed by atoms with Crippen LogP contribution < -0.4 is 11.1 Å². The maximum Gasteiger partial charge on any atom is 0.00697 e. The number of nitrogens with one attached hydrogen (secondary N) is 1. The number of nitrogens with two attached hydrogens (primary N) is 1. The van der Waals surface area contributed by atoms with Gasteiger partial charge in [0.2, 0.25) is 0 Å². The number of hydrogen-bond acceptors (Lipinski definition) is 2. The normalized spacial score (nSPS) is 30.7. The first kappa shape index (κ1) is 11.0. The van der Waals surface area contributed by atoms with Crippen molar-refractivity contribution < 1.29 is 0 Å². The molecule has 0 radical (unpaired) electrons. The van der Waals surface area contributed by atoms with Gasteiger partial charge >= 0.3 is 0 Å². The van der Waals surface area contributed by atoms with Gasteiger partial charge in [0.25, 0.3) is 0 Å². The molecule has 0 aromatic heterocycles. The molecule has 0 aliphatic heterocycles. The van der Waals surface area contributed by atoms with E-state index in [1.807, 2.05) is 0 Å². The van der Waals surface area contributed by atoms with Gasteiger partial charge in [-0.25, -0.2) is 0 Å². The van der Waals surface area contributed by atoms with Crippen molar-refractivity contribution in [3.8, 4) is 0 Å². The molecule has 13 heavy (non-hydrogen) atoms. The summed E-state index contributed by atoms with van der Waals surface area (Å²) in [5.41, 5.74) is 5.56. The summed E-state index contributed by atoms with van der Waals surface area (Å²) in [7, 11) is 0. The molecular weight excluding hydrogens is 160 g/mol. The Kier molecular flexibility index (Phi) is 4.74. The van der Waals surface area contributed by atoms with E-state index in [4.69, 9.17) is 5.73 Å². The summed E-state index contributed by atoms with van der Waals surface area (Å²) in [4.78, 5) is 0. The van der Waals surface area contributed by atoms with Gasteiger partial charge in [-0.2, -0.15) is 0 Å². The molecule has 0 spiro atoms. The fraction of sp³-hybridized carbons (Fsp3) is 1.00. The molecule has 1 aliphatic rings. The molecule has 3 atom stereocenters. The largest absolute Gasteiger partial charge is 0.330 e. The van der Waals surface area contributed by atoms with Crippen LogP contribution in [0.25, 0.3) is 0 Å². The molecule has 3 N–H and O–H groups in total. The van der Waals surface area contributed by atoms with Crippen LogP contribution in [0.15, 0.2) is 0 Å². The summed E-state index contributed by atoms with van der Waals surface area (Å²) in [6.45, 7) is 6.54. The van der Waals surface area contributed by atoms with Gasteiger partial charge in [-0.3, -0.25) is 0 Å². The maximum atomic E-state index is 5.56. The molecule has 1 rings (SSSR count). The van der Waals surface area contributed by atoms with E-state index in [0.717, 1.165) is 25.0 Å². The third-order valence-corrected chi connectivity index (χ3v) is 3.17. The van der Waals surface area contributed by atoms with Gasteiger partial charge in [0, 0.05) is 6.04 Å². The van der Waals surface area contributed by atoms with Gasteiger partial charge < -0.3 is 11.1 Å². The van der Waals surface area contributed by atoms with Gasteiger partial charge in [0.05, 0.1) is 0 Å². The average molecular weight is 184 g/mol. The third kappa shape index (κ3) is 4.10. The minimum absolute atomic E-state index is 0.673. The van der Waals surface area contributed by atoms with Crippen LogP contribution in [0.3, 0.4) is 0 Å². The van der Waals surface area contributed by atoms with Gasteiger partial charge in [0.1, 0.15) is 0 Å². The summed E-state index contributed by atoms with van der Waals surface area (Å²) < 4.78 is 0. The van der Waals surface area contributed by atoms with Crippen molar-refractivity contribution in [2.75, 3.05) is 13.1 Å². The van der Waals surface area contributed by atoms with Crippen LogP contribution in [-0.4, -0.2) is 19.1 Å². The van der Waals surface area contributed by atoms with Crippen molar-refractivity contribution in [3.63, 3.8) is 0 Å². The predicted molar refractivity (Wildman–Crippen MR) is 57.6 cm³/mol. The Morgan fingerprint density at radius 2 is 2.23 bits per heavy atom. The molecular formula is C11H24N2. The molecule has 0 amide bonds. The zero-order valence-corrected chi connectivity index (χ0v) is 9.05. The van der Waals surface area contributed by atoms with Crippen LogP contribution in [-0.2, 0) is 0 Å². The van der Waals surface area contributed by atoms with E-state index < -0.39 is 0 Å². The average Bonchev–Trinajstić information content (AvgIpc) is 2.51. The lowest BCUT2D eigenvalue weighted by Gasteiger charge is -2.14. The second kappa shape index (κ2) is 5.61. The van der Waals surface area contributed by atoms with Gasteiger partial charge in [-0.15, -0.1) is 0 Å². The predicted octanol–water partition coefficient (Wildman–Crippen LogP) is 1.75. The molecule has 0 saturated heterocycles. The van der Waals surface area contributed by atoms with Crippen molar-refractivity contribution >= 4 is 0 Å². The van der Waals surface area contributed by atoms with Crippen LogP contribution in [0, 0.1) is 11.8 Å². The Morgan fingerprint density at radius 1 is 1.46 bits per heavy atom. The van der Waals surface area contributed by atoms with E-state index in [1.54, 1.807) is 0 Å². The highest BCUT2D eigenvalue weighted by Crippen LogP contribution is 2.24. The number of rotatable bonds is 5. The zero-order chi connectivity index (χ0) is 9.68. The van der Waals surface area contributed by atoms with Crippen molar-refractivity contribution in [3.05, 3.63) is 0 Å². The highest BCUT2D eigenvalue weighted by Gasteiger charge is 2.20. The van der Waals surface area contributed by atoms with Gasteiger partial charge in [-0.05, 0) is 50.6 Å². The van der Waals surface area contributed by atoms with Crippen LogP contribution >= 0.6 is 0 Å². The molecule has 1 saturated carbocycles. The standard InChI is InChI=1S/C11H24N2/c1-9-3-4-11(7-9)13-6-5-10(2)8-12/h9-11,13H,3-8,12H2,1-2H3. The Hall–Kier alpha value is -0.0800. The summed E-state index contributed by atoms with van der Waals surface area (Å²) in [6, 6.07) is 0.792. The molecule has 2 heteroatoms. The third-order valence-electron chi connectivity index (χ3n) is 3.17. The molecule has 1 fully saturated rings. The van der Waals surface area contributed by atoms with Gasteiger partial charge in [0.15, 0.2) is 0 Å². The smallest absolute Gasteiger partial charge is 0.00697 e. The highest BCUT2D eigenvalue weighted by atomic mass is 14.9. The summed E-state index contributed by atoms with van der Waals surface area (Å²) >= 11 is 0. The van der Waals surface area contributed by atoms with Crippen molar-refractivity contribution in [1.82, 2.24) is 5.32 Å². The van der Waals surface area contributed by atoms with E-state index in [2.05, 4.69) is 19.2 Å². The first-order valence-corrected chi connectivity index (χ1v) is 5.65. The second-order valence-corrected chi connectivity index (χ2v) is 4.70. The molecule has 1 aliphatic carbocycles. The first-order chi connectivity index (χ1) is 6.22. The van der Waals surface area contributed by atoms with Crippen LogP contribution in [0.1, 0.15) is 39.5 Å². The zero-order valence-electron chi connectivity index (χ0n) is 9.05. The van der Waals surface area contributed by atoms with E-state index in [-0.39, 0.29) is 0 Å². The molecule has 78 valence electrons. The summed E-state index contributed by atoms with van der Waals surface area (Å²) in [5.74, 6) is 1.61. The Morgan fingerprint density at radius 3 is 2.77 bits per heavy atom. The SMILES string of the molecule is CC(CN)CCNC1CCC(C)C1. The van der Waals surface area contributed by atoms with Crippen molar-refractivity contribution in [2.24, 2.45) is 17.6 Å². The molecule has 0 bridgehead atoms. The molecule has 0 aromatic carbocycles. The number of hydrogen-bond donors (Lipinski definition) is 2. The van der Waals surface area contributed by atoms with Crippen LogP contribution in [0.4, 0.5) is 0 Å². The van der Waals surface area contributed by atoms with E-state index in [1.165, 1.54) is 25.7 Å². The van der Waals surface area contributed by atoms with Crippen LogP contribution in [0.5, 0.6) is 0 Å². The fourth-order valence-corrected chi connectivity index (χ4v) is 2.04. The van der Waals surface area contributed by atoms with Crippen LogP contribution in [0.2, 0.25) is 0 Å². The van der Waals surface area contributed by atoms with Crippen molar-refractivity contribution in [1.29, 1.82) is 0 Å². The van der Waals surface area contributed by atoms with E-state index in [9.17, 15) is 0 Å². The lowest BCUT2D eigenvalue weighted by Crippen LogP contribution is -2.29.